The summed E-state index contributed by atoms with van der Waals surface area (Å²) in [6.45, 7) is 5.84. The van der Waals surface area contributed by atoms with Crippen molar-refractivity contribution in [1.82, 2.24) is 9.80 Å². The van der Waals surface area contributed by atoms with Crippen LogP contribution in [0.2, 0.25) is 10.0 Å². The number of aromatic hydroxyl groups is 1. The Bertz CT molecular complexity index is 1240. The van der Waals surface area contributed by atoms with E-state index in [-0.39, 0.29) is 39.0 Å². The lowest BCUT2D eigenvalue weighted by Gasteiger charge is -2.28. The second-order valence-electron chi connectivity index (χ2n) is 7.99. The largest absolute Gasteiger partial charge is 0.507 e. The average Bonchev–Trinajstić information content (AvgIpc) is 3.09. The minimum atomic E-state index is -1.18. The molecule has 10 nitrogen and oxygen atoms in total. The van der Waals surface area contributed by atoms with Crippen molar-refractivity contribution in [3.63, 3.8) is 0 Å². The molecule has 192 valence electrons. The number of hydrogen-bond donors (Lipinski definition) is 2. The third kappa shape index (κ3) is 5.11. The van der Waals surface area contributed by atoms with Crippen molar-refractivity contribution in [3.8, 4) is 11.5 Å². The Kier molecular flexibility index (Phi) is 8.44. The highest BCUT2D eigenvalue weighted by atomic mass is 35.5. The monoisotopic (exact) mass is 537 g/mol. The second-order valence-corrected chi connectivity index (χ2v) is 8.84. The molecule has 12 heteroatoms. The van der Waals surface area contributed by atoms with E-state index in [1.54, 1.807) is 0 Å². The SMILES string of the molecule is CCN(CC)CCN1C(=O)C(=O)/C(=C(/O)c2cc(Cl)cc(Cl)c2OC)C1c1ccc(O)c([N+](=O)[O-])c1. The van der Waals surface area contributed by atoms with E-state index in [0.717, 1.165) is 12.1 Å². The smallest absolute Gasteiger partial charge is 0.311 e. The summed E-state index contributed by atoms with van der Waals surface area (Å²) < 4.78 is 5.29. The van der Waals surface area contributed by atoms with Gasteiger partial charge < -0.3 is 24.7 Å². The van der Waals surface area contributed by atoms with Gasteiger partial charge in [0.2, 0.25) is 0 Å². The number of aliphatic hydroxyl groups is 1. The number of nitrogens with zero attached hydrogens (tertiary/aromatic N) is 3. The Hall–Kier alpha value is -3.34. The first-order chi connectivity index (χ1) is 17.0. The van der Waals surface area contributed by atoms with Crippen LogP contribution in [0.15, 0.2) is 35.9 Å². The molecule has 36 heavy (non-hydrogen) atoms. The number of likely N-dealkylation sites (N-methyl/N-ethyl adjacent to an activating group) is 1. The van der Waals surface area contributed by atoms with Crippen LogP contribution in [-0.2, 0) is 9.59 Å². The fourth-order valence-corrected chi connectivity index (χ4v) is 4.76. The molecule has 0 saturated carbocycles. The number of halogens is 2. The number of rotatable bonds is 9. The van der Waals surface area contributed by atoms with E-state index >= 15 is 0 Å². The summed E-state index contributed by atoms with van der Waals surface area (Å²) in [5.74, 6) is -3.00. The van der Waals surface area contributed by atoms with Gasteiger partial charge in [0.15, 0.2) is 5.75 Å². The number of methoxy groups -OCH3 is 1. The van der Waals surface area contributed by atoms with Crippen LogP contribution < -0.4 is 4.74 Å². The number of nitro benzene ring substituents is 1. The van der Waals surface area contributed by atoms with E-state index in [9.17, 15) is 29.9 Å². The van der Waals surface area contributed by atoms with E-state index in [1.165, 1.54) is 30.2 Å². The summed E-state index contributed by atoms with van der Waals surface area (Å²) in [5, 5.41) is 32.9. The zero-order valence-corrected chi connectivity index (χ0v) is 21.3. The number of Topliss-reactive ketones (excluding diaryl/α,β-unsaturated/α-hetero) is 1. The molecule has 1 saturated heterocycles. The number of nitro groups is 1. The number of hydrogen-bond acceptors (Lipinski definition) is 8. The van der Waals surface area contributed by atoms with Crippen molar-refractivity contribution in [2.24, 2.45) is 0 Å². The number of phenols is 1. The van der Waals surface area contributed by atoms with Crippen LogP contribution in [0, 0.1) is 10.1 Å². The van der Waals surface area contributed by atoms with E-state index in [1.807, 2.05) is 18.7 Å². The number of amides is 1. The van der Waals surface area contributed by atoms with Gasteiger partial charge in [0, 0.05) is 24.2 Å². The van der Waals surface area contributed by atoms with Crippen molar-refractivity contribution in [1.29, 1.82) is 0 Å². The van der Waals surface area contributed by atoms with Crippen molar-refractivity contribution in [3.05, 3.63) is 67.2 Å². The Morgan fingerprint density at radius 1 is 1.19 bits per heavy atom. The molecule has 0 aliphatic carbocycles. The lowest BCUT2D eigenvalue weighted by Crippen LogP contribution is -2.38. The molecule has 1 amide bonds. The fourth-order valence-electron chi connectivity index (χ4n) is 4.19. The van der Waals surface area contributed by atoms with Gasteiger partial charge in [0.1, 0.15) is 11.5 Å². The van der Waals surface area contributed by atoms with Crippen LogP contribution in [0.5, 0.6) is 11.5 Å². The van der Waals surface area contributed by atoms with E-state index in [2.05, 4.69) is 0 Å². The number of carbonyl (C=O) groups excluding carboxylic acids is 2. The predicted octanol–water partition coefficient (Wildman–Crippen LogP) is 4.38. The zero-order valence-electron chi connectivity index (χ0n) is 19.8. The number of aliphatic hydroxyl groups excluding tert-OH is 1. The highest BCUT2D eigenvalue weighted by molar-refractivity contribution is 6.46. The van der Waals surface area contributed by atoms with Gasteiger partial charge in [-0.3, -0.25) is 19.7 Å². The van der Waals surface area contributed by atoms with Crippen LogP contribution in [0.4, 0.5) is 5.69 Å². The van der Waals surface area contributed by atoms with Crippen molar-refractivity contribution in [2.45, 2.75) is 19.9 Å². The standard InChI is InChI=1S/C24H25Cl2N3O7/c1-4-27(5-2)8-9-28-20(13-6-7-18(30)17(10-13)29(34)35)19(22(32)24(28)33)21(31)15-11-14(25)12-16(26)23(15)36-3/h6-7,10-12,20,30-31H,4-5,8-9H2,1-3H3/b21-19+. The van der Waals surface area contributed by atoms with Gasteiger partial charge in [0.05, 0.1) is 34.2 Å². The molecule has 0 radical (unpaired) electrons. The maximum Gasteiger partial charge on any atom is 0.311 e. The van der Waals surface area contributed by atoms with Crippen LogP contribution in [0.1, 0.15) is 31.0 Å². The molecular formula is C24H25Cl2N3O7. The van der Waals surface area contributed by atoms with Crippen LogP contribution in [0.25, 0.3) is 5.76 Å². The summed E-state index contributed by atoms with van der Waals surface area (Å²) in [5.41, 5.74) is -0.775. The summed E-state index contributed by atoms with van der Waals surface area (Å²) in [6.07, 6.45) is 0. The molecule has 1 heterocycles. The van der Waals surface area contributed by atoms with Crippen LogP contribution in [-0.4, -0.2) is 69.9 Å². The Balaban J connectivity index is 2.27. The first-order valence-corrected chi connectivity index (χ1v) is 11.8. The Labute approximate surface area is 217 Å². The molecule has 1 aliphatic rings. The van der Waals surface area contributed by atoms with E-state index in [0.29, 0.717) is 19.6 Å². The second kappa shape index (κ2) is 11.2. The molecule has 1 unspecified atom stereocenters. The van der Waals surface area contributed by atoms with E-state index in [4.69, 9.17) is 27.9 Å². The minimum Gasteiger partial charge on any atom is -0.507 e. The van der Waals surface area contributed by atoms with Gasteiger partial charge in [0.25, 0.3) is 11.7 Å². The summed E-state index contributed by atoms with van der Waals surface area (Å²) >= 11 is 12.3. The summed E-state index contributed by atoms with van der Waals surface area (Å²) in [6, 6.07) is 5.09. The lowest BCUT2D eigenvalue weighted by molar-refractivity contribution is -0.385. The number of ether oxygens (including phenoxy) is 1. The van der Waals surface area contributed by atoms with Gasteiger partial charge in [-0.2, -0.15) is 0 Å². The number of carbonyl (C=O) groups is 2. The third-order valence-corrected chi connectivity index (χ3v) is 6.57. The molecule has 2 N–H and O–H groups in total. The van der Waals surface area contributed by atoms with Crippen molar-refractivity contribution in [2.75, 3.05) is 33.3 Å². The fraction of sp³-hybridized carbons (Fsp3) is 0.333. The topological polar surface area (TPSA) is 133 Å². The number of likely N-dealkylation sites (tertiary alicyclic amines) is 1. The van der Waals surface area contributed by atoms with Gasteiger partial charge >= 0.3 is 5.69 Å². The minimum absolute atomic E-state index is 0.0185. The molecule has 0 aromatic heterocycles. The number of ketones is 1. The first-order valence-electron chi connectivity index (χ1n) is 11.1. The molecule has 1 aliphatic heterocycles. The summed E-state index contributed by atoms with van der Waals surface area (Å²) in [7, 11) is 1.31. The first kappa shape index (κ1) is 27.3. The molecule has 0 bridgehead atoms. The van der Waals surface area contributed by atoms with Crippen LogP contribution in [0.3, 0.4) is 0 Å². The predicted molar refractivity (Wildman–Crippen MR) is 135 cm³/mol. The maximum absolute atomic E-state index is 13.2. The highest BCUT2D eigenvalue weighted by Crippen LogP contribution is 2.44. The number of benzene rings is 2. The maximum atomic E-state index is 13.2. The Morgan fingerprint density at radius 2 is 1.86 bits per heavy atom. The Morgan fingerprint density at radius 3 is 2.44 bits per heavy atom. The molecule has 0 spiro atoms. The van der Waals surface area contributed by atoms with E-state index < -0.39 is 39.9 Å². The van der Waals surface area contributed by atoms with Crippen molar-refractivity contribution < 1.29 is 29.5 Å². The third-order valence-electron chi connectivity index (χ3n) is 6.07. The lowest BCUT2D eigenvalue weighted by atomic mass is 9.94. The zero-order chi connectivity index (χ0) is 26.7. The van der Waals surface area contributed by atoms with Crippen molar-refractivity contribution >= 4 is 46.3 Å². The molecule has 2 aromatic carbocycles. The normalized spacial score (nSPS) is 17.2. The summed E-state index contributed by atoms with van der Waals surface area (Å²) in [4.78, 5) is 40.4. The van der Waals surface area contributed by atoms with Crippen LogP contribution >= 0.6 is 23.2 Å². The molecule has 3 rings (SSSR count). The quantitative estimate of drug-likeness (QED) is 0.158. The van der Waals surface area contributed by atoms with Gasteiger partial charge in [-0.25, -0.2) is 0 Å². The average molecular weight is 538 g/mol. The highest BCUT2D eigenvalue weighted by Gasteiger charge is 2.46. The molecule has 1 fully saturated rings. The van der Waals surface area contributed by atoms with Gasteiger partial charge in [-0.15, -0.1) is 0 Å². The molecule has 2 aromatic rings. The molecule has 1 atom stereocenters. The number of phenolic OH excluding ortho intramolecular Hbond substituents is 1. The van der Waals surface area contributed by atoms with Gasteiger partial charge in [-0.1, -0.05) is 43.1 Å². The van der Waals surface area contributed by atoms with Gasteiger partial charge in [-0.05, 0) is 36.9 Å². The molecular weight excluding hydrogens is 513 g/mol.